The van der Waals surface area contributed by atoms with Crippen molar-refractivity contribution in [3.63, 3.8) is 0 Å². The van der Waals surface area contributed by atoms with Crippen molar-refractivity contribution >= 4 is 15.8 Å². The zero-order valence-corrected chi connectivity index (χ0v) is 11.9. The van der Waals surface area contributed by atoms with Gasteiger partial charge in [-0.05, 0) is 25.3 Å². The Balaban J connectivity index is 2.55. The minimum atomic E-state index is -3.06. The molecule has 1 rings (SSSR count). The summed E-state index contributed by atoms with van der Waals surface area (Å²) in [5.41, 5.74) is 0. The summed E-state index contributed by atoms with van der Waals surface area (Å²) >= 11 is 0. The van der Waals surface area contributed by atoms with Gasteiger partial charge >= 0.3 is 5.97 Å². The highest BCUT2D eigenvalue weighted by atomic mass is 32.2. The molecule has 1 heterocycles. The third kappa shape index (κ3) is 5.35. The van der Waals surface area contributed by atoms with E-state index in [4.69, 9.17) is 5.11 Å². The number of hydrogen-bond acceptors (Lipinski definition) is 4. The van der Waals surface area contributed by atoms with Crippen LogP contribution in [0.1, 0.15) is 33.1 Å². The van der Waals surface area contributed by atoms with Crippen LogP contribution < -0.4 is 0 Å². The van der Waals surface area contributed by atoms with Gasteiger partial charge in [-0.15, -0.1) is 0 Å². The molecule has 5 nitrogen and oxygen atoms in total. The van der Waals surface area contributed by atoms with Crippen LogP contribution in [0, 0.1) is 5.92 Å². The summed E-state index contributed by atoms with van der Waals surface area (Å²) in [7, 11) is -3.06. The molecule has 0 spiro atoms. The van der Waals surface area contributed by atoms with E-state index in [9.17, 15) is 13.2 Å². The predicted molar refractivity (Wildman–Crippen MR) is 70.3 cm³/mol. The normalized spacial score (nSPS) is 24.3. The maximum absolute atomic E-state index is 11.6. The maximum Gasteiger partial charge on any atom is 0.304 e. The van der Waals surface area contributed by atoms with E-state index in [0.29, 0.717) is 12.5 Å². The number of nitrogens with zero attached hydrogens (tertiary/aromatic N) is 1. The lowest BCUT2D eigenvalue weighted by Crippen LogP contribution is -2.49. The second-order valence-corrected chi connectivity index (χ2v) is 7.67. The van der Waals surface area contributed by atoms with Crippen LogP contribution in [-0.4, -0.2) is 55.0 Å². The van der Waals surface area contributed by atoms with Crippen LogP contribution in [0.2, 0.25) is 0 Å². The van der Waals surface area contributed by atoms with Gasteiger partial charge in [0.2, 0.25) is 0 Å². The lowest BCUT2D eigenvalue weighted by Gasteiger charge is -2.34. The smallest absolute Gasteiger partial charge is 0.304 e. The van der Waals surface area contributed by atoms with Crippen molar-refractivity contribution in [2.24, 2.45) is 5.92 Å². The number of carboxylic acids is 1. The summed E-state index contributed by atoms with van der Waals surface area (Å²) in [6.07, 6.45) is 2.00. The summed E-state index contributed by atoms with van der Waals surface area (Å²) in [6.45, 7) is 5.56. The highest BCUT2D eigenvalue weighted by Crippen LogP contribution is 2.16. The number of carbonyl (C=O) groups is 1. The molecule has 1 N–H and O–H groups in total. The first-order valence-corrected chi connectivity index (χ1v) is 8.28. The van der Waals surface area contributed by atoms with E-state index in [-0.39, 0.29) is 24.0 Å². The second-order valence-electron chi connectivity index (χ2n) is 5.44. The Kier molecular flexibility index (Phi) is 5.59. The third-order valence-electron chi connectivity index (χ3n) is 3.29. The summed E-state index contributed by atoms with van der Waals surface area (Å²) in [6, 6.07) is -0.353. The molecule has 0 aromatic carbocycles. The molecule has 1 atom stereocenters. The van der Waals surface area contributed by atoms with Gasteiger partial charge in [0.1, 0.15) is 0 Å². The average molecular weight is 277 g/mol. The Labute approximate surface area is 109 Å². The Bertz CT molecular complexity index is 378. The molecule has 1 unspecified atom stereocenters. The lowest BCUT2D eigenvalue weighted by molar-refractivity contribution is -0.138. The van der Waals surface area contributed by atoms with E-state index in [2.05, 4.69) is 13.8 Å². The molecule has 1 aliphatic heterocycles. The van der Waals surface area contributed by atoms with Crippen molar-refractivity contribution in [3.05, 3.63) is 0 Å². The SMILES string of the molecule is CC(C)CCCN1CCS(=O)(=O)CC1CC(=O)O. The van der Waals surface area contributed by atoms with Gasteiger partial charge < -0.3 is 5.11 Å². The first-order chi connectivity index (χ1) is 8.30. The third-order valence-corrected chi connectivity index (χ3v) is 4.99. The zero-order chi connectivity index (χ0) is 13.8. The molecule has 1 fully saturated rings. The number of carboxylic acid groups (broad SMARTS) is 1. The van der Waals surface area contributed by atoms with Gasteiger partial charge in [0, 0.05) is 12.6 Å². The molecular formula is C12H23NO4S. The van der Waals surface area contributed by atoms with Crippen molar-refractivity contribution in [1.29, 1.82) is 0 Å². The van der Waals surface area contributed by atoms with Crippen LogP contribution in [0.3, 0.4) is 0 Å². The monoisotopic (exact) mass is 277 g/mol. The van der Waals surface area contributed by atoms with Crippen LogP contribution in [0.4, 0.5) is 0 Å². The molecule has 0 saturated carbocycles. The number of hydrogen-bond donors (Lipinski definition) is 1. The van der Waals surface area contributed by atoms with Crippen molar-refractivity contribution in [2.45, 2.75) is 39.2 Å². The number of aliphatic carboxylic acids is 1. The molecule has 0 aromatic heterocycles. The average Bonchev–Trinajstić information content (AvgIpc) is 2.19. The van der Waals surface area contributed by atoms with E-state index in [1.807, 2.05) is 4.90 Å². The van der Waals surface area contributed by atoms with E-state index < -0.39 is 15.8 Å². The summed E-state index contributed by atoms with van der Waals surface area (Å²) in [5.74, 6) is -0.159. The van der Waals surface area contributed by atoms with E-state index in [1.165, 1.54) is 0 Å². The Morgan fingerprint density at radius 2 is 2.11 bits per heavy atom. The van der Waals surface area contributed by atoms with Crippen molar-refractivity contribution in [1.82, 2.24) is 4.90 Å². The van der Waals surface area contributed by atoms with Gasteiger partial charge in [0.05, 0.1) is 17.9 Å². The minimum absolute atomic E-state index is 0.0129. The molecule has 0 radical (unpaired) electrons. The lowest BCUT2D eigenvalue weighted by atomic mass is 10.1. The maximum atomic E-state index is 11.6. The second kappa shape index (κ2) is 6.52. The molecule has 6 heteroatoms. The Morgan fingerprint density at radius 1 is 1.44 bits per heavy atom. The molecule has 0 amide bonds. The van der Waals surface area contributed by atoms with E-state index in [0.717, 1.165) is 19.4 Å². The van der Waals surface area contributed by atoms with Gasteiger partial charge in [-0.1, -0.05) is 13.8 Å². The first kappa shape index (κ1) is 15.4. The van der Waals surface area contributed by atoms with Crippen LogP contribution in [0.15, 0.2) is 0 Å². The number of sulfone groups is 1. The van der Waals surface area contributed by atoms with Crippen LogP contribution >= 0.6 is 0 Å². The fourth-order valence-corrected chi connectivity index (χ4v) is 3.90. The summed E-state index contributed by atoms with van der Waals surface area (Å²) < 4.78 is 23.1. The highest BCUT2D eigenvalue weighted by Gasteiger charge is 2.32. The highest BCUT2D eigenvalue weighted by molar-refractivity contribution is 7.91. The van der Waals surface area contributed by atoms with Gasteiger partial charge in [0.25, 0.3) is 0 Å². The molecule has 106 valence electrons. The van der Waals surface area contributed by atoms with Crippen molar-refractivity contribution in [3.8, 4) is 0 Å². The molecule has 0 bridgehead atoms. The summed E-state index contributed by atoms with van der Waals surface area (Å²) in [4.78, 5) is 12.8. The molecule has 0 aromatic rings. The van der Waals surface area contributed by atoms with Crippen LogP contribution in [0.25, 0.3) is 0 Å². The van der Waals surface area contributed by atoms with E-state index >= 15 is 0 Å². The standard InChI is InChI=1S/C12H23NO4S/c1-10(2)4-3-5-13-6-7-18(16,17)9-11(13)8-12(14)15/h10-11H,3-9H2,1-2H3,(H,14,15). The molecule has 0 aliphatic carbocycles. The minimum Gasteiger partial charge on any atom is -0.481 e. The quantitative estimate of drug-likeness (QED) is 0.784. The van der Waals surface area contributed by atoms with Crippen LogP contribution in [-0.2, 0) is 14.6 Å². The van der Waals surface area contributed by atoms with Crippen LogP contribution in [0.5, 0.6) is 0 Å². The van der Waals surface area contributed by atoms with Gasteiger partial charge in [-0.2, -0.15) is 0 Å². The fraction of sp³-hybridized carbons (Fsp3) is 0.917. The topological polar surface area (TPSA) is 74.7 Å². The van der Waals surface area contributed by atoms with E-state index in [1.54, 1.807) is 0 Å². The fourth-order valence-electron chi connectivity index (χ4n) is 2.31. The van der Waals surface area contributed by atoms with Crippen molar-refractivity contribution in [2.75, 3.05) is 24.6 Å². The molecule has 18 heavy (non-hydrogen) atoms. The molecular weight excluding hydrogens is 254 g/mol. The van der Waals surface area contributed by atoms with Gasteiger partial charge in [0.15, 0.2) is 9.84 Å². The molecule has 1 aliphatic rings. The summed E-state index contributed by atoms with van der Waals surface area (Å²) in [5, 5.41) is 8.85. The largest absolute Gasteiger partial charge is 0.481 e. The van der Waals surface area contributed by atoms with Gasteiger partial charge in [-0.3, -0.25) is 9.69 Å². The first-order valence-electron chi connectivity index (χ1n) is 6.46. The Morgan fingerprint density at radius 3 is 2.67 bits per heavy atom. The van der Waals surface area contributed by atoms with Gasteiger partial charge in [-0.25, -0.2) is 8.42 Å². The molecule has 1 saturated heterocycles. The number of rotatable bonds is 6. The predicted octanol–water partition coefficient (Wildman–Crippen LogP) is 0.996. The Hall–Kier alpha value is -0.620. The van der Waals surface area contributed by atoms with Crippen molar-refractivity contribution < 1.29 is 18.3 Å². The zero-order valence-electron chi connectivity index (χ0n) is 11.1.